The number of nitrogens with one attached hydrogen (secondary N) is 1. The highest BCUT2D eigenvalue weighted by Gasteiger charge is 2.15. The summed E-state index contributed by atoms with van der Waals surface area (Å²) < 4.78 is 17.9. The van der Waals surface area contributed by atoms with E-state index < -0.39 is 0 Å². The predicted octanol–water partition coefficient (Wildman–Crippen LogP) is 4.18. The molecule has 4 rings (SSSR count). The van der Waals surface area contributed by atoms with Crippen LogP contribution in [0.1, 0.15) is 12.5 Å². The summed E-state index contributed by atoms with van der Waals surface area (Å²) in [7, 11) is 3.17. The summed E-state index contributed by atoms with van der Waals surface area (Å²) in [4.78, 5) is 35.0. The minimum Gasteiger partial charge on any atom is -0.493 e. The lowest BCUT2D eigenvalue weighted by Crippen LogP contribution is -2.25. The molecule has 1 N–H and O–H groups in total. The van der Waals surface area contributed by atoms with Crippen LogP contribution in [0.25, 0.3) is 11.0 Å². The molecule has 0 aliphatic carbocycles. The molecular weight excluding hydrogens is 492 g/mol. The molecule has 0 spiro atoms. The normalized spacial score (nSPS) is 10.8. The summed E-state index contributed by atoms with van der Waals surface area (Å²) in [6.07, 6.45) is 2.14. The summed E-state index contributed by atoms with van der Waals surface area (Å²) in [6, 6.07) is 16.3. The Kier molecular flexibility index (Phi) is 8.63. The maximum absolute atomic E-state index is 13.4. The first-order valence-corrected chi connectivity index (χ1v) is 12.7. The van der Waals surface area contributed by atoms with Crippen molar-refractivity contribution in [2.75, 3.05) is 31.9 Å². The molecule has 2 aromatic heterocycles. The Morgan fingerprint density at radius 3 is 2.62 bits per heavy atom. The van der Waals surface area contributed by atoms with Crippen molar-refractivity contribution in [1.82, 2.24) is 14.5 Å². The van der Waals surface area contributed by atoms with Crippen LogP contribution in [0.5, 0.6) is 17.2 Å². The van der Waals surface area contributed by atoms with E-state index in [1.807, 2.05) is 37.3 Å². The number of thioether (sulfide) groups is 1. The minimum atomic E-state index is -0.237. The predicted molar refractivity (Wildman–Crippen MR) is 144 cm³/mol. The van der Waals surface area contributed by atoms with Gasteiger partial charge in [0.15, 0.2) is 22.3 Å². The Balaban J connectivity index is 1.56. The number of carbonyl (C=O) groups excluding carboxylic acids is 1. The number of amides is 1. The number of pyridine rings is 1. The summed E-state index contributed by atoms with van der Waals surface area (Å²) in [5.41, 5.74) is 1.70. The van der Waals surface area contributed by atoms with Crippen LogP contribution in [0.3, 0.4) is 0 Å². The smallest absolute Gasteiger partial charge is 0.263 e. The number of fused-ring (bicyclic) bond motifs is 1. The molecule has 0 saturated carbocycles. The first-order valence-electron chi connectivity index (χ1n) is 11.7. The molecule has 0 aliphatic heterocycles. The van der Waals surface area contributed by atoms with E-state index in [1.165, 1.54) is 11.8 Å². The number of benzene rings is 2. The van der Waals surface area contributed by atoms with Crippen molar-refractivity contribution in [3.8, 4) is 17.2 Å². The minimum absolute atomic E-state index is 0.0571. The van der Waals surface area contributed by atoms with Crippen molar-refractivity contribution in [3.63, 3.8) is 0 Å². The first-order chi connectivity index (χ1) is 18.0. The van der Waals surface area contributed by atoms with Crippen molar-refractivity contribution < 1.29 is 19.0 Å². The second kappa shape index (κ2) is 12.3. The van der Waals surface area contributed by atoms with Gasteiger partial charge < -0.3 is 19.5 Å². The summed E-state index contributed by atoms with van der Waals surface area (Å²) >= 11 is 1.19. The number of nitrogens with zero attached hydrogens (tertiary/aromatic N) is 3. The number of para-hydroxylation sites is 2. The van der Waals surface area contributed by atoms with E-state index in [-0.39, 0.29) is 17.2 Å². The molecular formula is C27H28N4O5S. The number of aryl methyl sites for hydroxylation is 1. The number of anilines is 1. The zero-order valence-corrected chi connectivity index (χ0v) is 21.7. The van der Waals surface area contributed by atoms with Gasteiger partial charge in [0.1, 0.15) is 5.75 Å². The first kappa shape index (κ1) is 26.0. The van der Waals surface area contributed by atoms with E-state index in [2.05, 4.69) is 15.3 Å². The zero-order valence-electron chi connectivity index (χ0n) is 20.9. The molecule has 37 heavy (non-hydrogen) atoms. The van der Waals surface area contributed by atoms with Crippen molar-refractivity contribution in [2.45, 2.75) is 25.0 Å². The average Bonchev–Trinajstić information content (AvgIpc) is 2.92. The molecule has 0 unspecified atom stereocenters. The van der Waals surface area contributed by atoms with Crippen molar-refractivity contribution in [1.29, 1.82) is 0 Å². The Morgan fingerprint density at radius 2 is 1.84 bits per heavy atom. The van der Waals surface area contributed by atoms with Crippen LogP contribution >= 0.6 is 11.8 Å². The number of ether oxygens (including phenoxy) is 3. The average molecular weight is 521 g/mol. The maximum Gasteiger partial charge on any atom is 0.263 e. The third-order valence-electron chi connectivity index (χ3n) is 5.56. The van der Waals surface area contributed by atoms with Crippen LogP contribution < -0.4 is 25.1 Å². The van der Waals surface area contributed by atoms with Gasteiger partial charge in [-0.3, -0.25) is 14.2 Å². The van der Waals surface area contributed by atoms with Crippen LogP contribution in [-0.2, 0) is 17.8 Å². The molecule has 0 atom stereocenters. The fourth-order valence-corrected chi connectivity index (χ4v) is 4.60. The topological polar surface area (TPSA) is 105 Å². The van der Waals surface area contributed by atoms with Gasteiger partial charge in [-0.05, 0) is 55.3 Å². The van der Waals surface area contributed by atoms with Gasteiger partial charge in [0.05, 0.1) is 37.7 Å². The molecule has 0 fully saturated rings. The molecule has 192 valence electrons. The maximum atomic E-state index is 13.4. The third kappa shape index (κ3) is 6.21. The Bertz CT molecular complexity index is 1460. The van der Waals surface area contributed by atoms with Gasteiger partial charge in [0.25, 0.3) is 5.56 Å². The molecule has 1 amide bonds. The van der Waals surface area contributed by atoms with Crippen LogP contribution in [0.4, 0.5) is 5.69 Å². The van der Waals surface area contributed by atoms with E-state index in [1.54, 1.807) is 49.2 Å². The Hall–Kier alpha value is -4.05. The molecule has 0 saturated heterocycles. The fraction of sp³-hybridized carbons (Fsp3) is 0.259. The molecule has 10 heteroatoms. The molecule has 4 aromatic rings. The van der Waals surface area contributed by atoms with Crippen LogP contribution in [0, 0.1) is 0 Å². The fourth-order valence-electron chi connectivity index (χ4n) is 3.79. The second-order valence-electron chi connectivity index (χ2n) is 7.93. The van der Waals surface area contributed by atoms with Crippen molar-refractivity contribution >= 4 is 34.4 Å². The van der Waals surface area contributed by atoms with Gasteiger partial charge in [-0.15, -0.1) is 0 Å². The number of carbonyl (C=O) groups is 1. The van der Waals surface area contributed by atoms with E-state index in [0.717, 1.165) is 5.56 Å². The van der Waals surface area contributed by atoms with Crippen LogP contribution in [0.15, 0.2) is 70.7 Å². The molecule has 2 aromatic carbocycles. The van der Waals surface area contributed by atoms with Gasteiger partial charge in [-0.1, -0.05) is 30.0 Å². The number of rotatable bonds is 11. The number of hydrogen-bond acceptors (Lipinski definition) is 8. The molecule has 0 radical (unpaired) electrons. The monoisotopic (exact) mass is 520 g/mol. The van der Waals surface area contributed by atoms with Gasteiger partial charge in [0, 0.05) is 12.7 Å². The van der Waals surface area contributed by atoms with E-state index in [0.29, 0.717) is 58.7 Å². The van der Waals surface area contributed by atoms with Gasteiger partial charge in [-0.25, -0.2) is 9.97 Å². The highest BCUT2D eigenvalue weighted by atomic mass is 32.2. The second-order valence-corrected chi connectivity index (χ2v) is 8.87. The van der Waals surface area contributed by atoms with Crippen LogP contribution in [0.2, 0.25) is 0 Å². The largest absolute Gasteiger partial charge is 0.493 e. The highest BCUT2D eigenvalue weighted by Crippen LogP contribution is 2.28. The molecule has 0 bridgehead atoms. The summed E-state index contributed by atoms with van der Waals surface area (Å²) in [5, 5.41) is 3.72. The SMILES string of the molecule is CCOc1ccccc1NC(=O)CSc1nc2ncccc2c(=O)n1CCc1ccc(OC)c(OC)c1. The Morgan fingerprint density at radius 1 is 1.03 bits per heavy atom. The van der Waals surface area contributed by atoms with E-state index in [4.69, 9.17) is 14.2 Å². The lowest BCUT2D eigenvalue weighted by Gasteiger charge is -2.14. The molecule has 9 nitrogen and oxygen atoms in total. The van der Waals surface area contributed by atoms with E-state index >= 15 is 0 Å². The molecule has 2 heterocycles. The number of methoxy groups -OCH3 is 2. The van der Waals surface area contributed by atoms with Crippen LogP contribution in [-0.4, -0.2) is 47.0 Å². The quantitative estimate of drug-likeness (QED) is 0.232. The summed E-state index contributed by atoms with van der Waals surface area (Å²) in [5.74, 6) is 1.67. The number of aromatic nitrogens is 3. The lowest BCUT2D eigenvalue weighted by atomic mass is 10.1. The van der Waals surface area contributed by atoms with Crippen molar-refractivity contribution in [3.05, 3.63) is 76.7 Å². The Labute approximate surface area is 218 Å². The van der Waals surface area contributed by atoms with Gasteiger partial charge in [-0.2, -0.15) is 0 Å². The standard InChI is InChI=1S/C27H28N4O5S/c1-4-36-21-10-6-5-9-20(21)29-24(32)17-37-27-30-25-19(8-7-14-28-25)26(33)31(27)15-13-18-11-12-22(34-2)23(16-18)35-3/h5-12,14,16H,4,13,15,17H2,1-3H3,(H,29,32). The third-order valence-corrected chi connectivity index (χ3v) is 6.54. The zero-order chi connectivity index (χ0) is 26.2. The lowest BCUT2D eigenvalue weighted by molar-refractivity contribution is -0.113. The molecule has 0 aliphatic rings. The van der Waals surface area contributed by atoms with Gasteiger partial charge >= 0.3 is 0 Å². The number of hydrogen-bond donors (Lipinski definition) is 1. The van der Waals surface area contributed by atoms with Gasteiger partial charge in [0.2, 0.25) is 5.91 Å². The summed E-state index contributed by atoms with van der Waals surface area (Å²) in [6.45, 7) is 2.74. The van der Waals surface area contributed by atoms with Crippen molar-refractivity contribution in [2.24, 2.45) is 0 Å². The van der Waals surface area contributed by atoms with E-state index in [9.17, 15) is 9.59 Å². The highest BCUT2D eigenvalue weighted by molar-refractivity contribution is 7.99.